The van der Waals surface area contributed by atoms with Crippen molar-refractivity contribution >= 4 is 27.4 Å². The lowest BCUT2D eigenvalue weighted by atomic mass is 10.2. The van der Waals surface area contributed by atoms with Crippen molar-refractivity contribution in [3.05, 3.63) is 60.4 Å². The maximum absolute atomic E-state index is 13.0. The molecular formula is C18H15F2N5S. The summed E-state index contributed by atoms with van der Waals surface area (Å²) in [6, 6.07) is 12.0. The molecule has 0 amide bonds. The first kappa shape index (κ1) is 16.6. The molecule has 1 N–H and O–H groups in total. The van der Waals surface area contributed by atoms with Crippen LogP contribution in [-0.2, 0) is 6.54 Å². The highest BCUT2D eigenvalue weighted by atomic mass is 32.1. The van der Waals surface area contributed by atoms with E-state index >= 15 is 0 Å². The molecule has 0 saturated heterocycles. The van der Waals surface area contributed by atoms with Crippen LogP contribution in [0, 0.1) is 6.92 Å². The summed E-state index contributed by atoms with van der Waals surface area (Å²) in [7, 11) is 0. The van der Waals surface area contributed by atoms with Crippen molar-refractivity contribution in [1.82, 2.24) is 19.5 Å². The molecule has 4 aromatic rings. The van der Waals surface area contributed by atoms with E-state index in [2.05, 4.69) is 20.3 Å². The Morgan fingerprint density at radius 3 is 2.77 bits per heavy atom. The number of thiophene rings is 1. The zero-order valence-corrected chi connectivity index (χ0v) is 14.7. The van der Waals surface area contributed by atoms with Crippen LogP contribution in [0.1, 0.15) is 18.2 Å². The second kappa shape index (κ2) is 6.80. The van der Waals surface area contributed by atoms with Gasteiger partial charge in [-0.2, -0.15) is 8.78 Å². The SMILES string of the molecule is Cc1nc(NCc2nccn2C(F)F)c2cc(-c3ccccc3)sc2n1. The Morgan fingerprint density at radius 2 is 2.00 bits per heavy atom. The second-order valence-electron chi connectivity index (χ2n) is 5.70. The van der Waals surface area contributed by atoms with Crippen LogP contribution in [0.5, 0.6) is 0 Å². The molecule has 0 radical (unpaired) electrons. The molecule has 3 aromatic heterocycles. The van der Waals surface area contributed by atoms with Gasteiger partial charge in [-0.3, -0.25) is 4.57 Å². The molecule has 132 valence electrons. The fourth-order valence-corrected chi connectivity index (χ4v) is 3.81. The van der Waals surface area contributed by atoms with Crippen LogP contribution in [0.2, 0.25) is 0 Å². The number of halogens is 2. The lowest BCUT2D eigenvalue weighted by Gasteiger charge is -2.09. The highest BCUT2D eigenvalue weighted by Crippen LogP contribution is 2.35. The second-order valence-corrected chi connectivity index (χ2v) is 6.73. The average Bonchev–Trinajstić information content (AvgIpc) is 3.27. The Labute approximate surface area is 152 Å². The molecule has 1 aromatic carbocycles. The normalized spacial score (nSPS) is 11.4. The predicted molar refractivity (Wildman–Crippen MR) is 98.4 cm³/mol. The van der Waals surface area contributed by atoms with Gasteiger partial charge < -0.3 is 5.32 Å². The van der Waals surface area contributed by atoms with Gasteiger partial charge in [0, 0.05) is 17.3 Å². The summed E-state index contributed by atoms with van der Waals surface area (Å²) >= 11 is 1.58. The van der Waals surface area contributed by atoms with E-state index in [1.54, 1.807) is 11.3 Å². The van der Waals surface area contributed by atoms with Crippen molar-refractivity contribution in [2.24, 2.45) is 0 Å². The third-order valence-corrected chi connectivity index (χ3v) is 5.01. The number of alkyl halides is 2. The smallest absolute Gasteiger partial charge is 0.319 e. The molecule has 3 heterocycles. The van der Waals surface area contributed by atoms with Crippen molar-refractivity contribution in [2.45, 2.75) is 20.0 Å². The van der Waals surface area contributed by atoms with Gasteiger partial charge in [-0.15, -0.1) is 11.3 Å². The minimum atomic E-state index is -2.62. The molecular weight excluding hydrogens is 356 g/mol. The molecule has 0 aliphatic carbocycles. The van der Waals surface area contributed by atoms with Gasteiger partial charge in [0.2, 0.25) is 0 Å². The lowest BCUT2D eigenvalue weighted by molar-refractivity contribution is 0.0673. The number of rotatable bonds is 5. The van der Waals surface area contributed by atoms with Crippen molar-refractivity contribution in [2.75, 3.05) is 5.32 Å². The number of benzene rings is 1. The minimum Gasteiger partial charge on any atom is -0.362 e. The molecule has 0 aliphatic heterocycles. The summed E-state index contributed by atoms with van der Waals surface area (Å²) in [6.07, 6.45) is 2.63. The highest BCUT2D eigenvalue weighted by molar-refractivity contribution is 7.21. The predicted octanol–water partition coefficient (Wildman–Crippen LogP) is 4.87. The number of nitrogens with one attached hydrogen (secondary N) is 1. The van der Waals surface area contributed by atoms with Crippen LogP contribution in [0.4, 0.5) is 14.6 Å². The molecule has 26 heavy (non-hydrogen) atoms. The molecule has 0 atom stereocenters. The summed E-state index contributed by atoms with van der Waals surface area (Å²) in [4.78, 5) is 14.9. The molecule has 0 saturated carbocycles. The zero-order valence-electron chi connectivity index (χ0n) is 13.9. The Bertz CT molecular complexity index is 1040. The summed E-state index contributed by atoms with van der Waals surface area (Å²) in [5, 5.41) is 4.00. The number of fused-ring (bicyclic) bond motifs is 1. The molecule has 8 heteroatoms. The number of imidazole rings is 1. The van der Waals surface area contributed by atoms with E-state index in [0.717, 1.165) is 25.2 Å². The van der Waals surface area contributed by atoms with Crippen LogP contribution in [0.15, 0.2) is 48.8 Å². The molecule has 0 unspecified atom stereocenters. The van der Waals surface area contributed by atoms with E-state index in [1.807, 2.05) is 43.3 Å². The van der Waals surface area contributed by atoms with E-state index in [4.69, 9.17) is 0 Å². The maximum atomic E-state index is 13.0. The van der Waals surface area contributed by atoms with Crippen molar-refractivity contribution < 1.29 is 8.78 Å². The van der Waals surface area contributed by atoms with Crippen LogP contribution in [0.25, 0.3) is 20.7 Å². The number of anilines is 1. The van der Waals surface area contributed by atoms with Gasteiger partial charge in [-0.25, -0.2) is 15.0 Å². The summed E-state index contributed by atoms with van der Waals surface area (Å²) in [6.45, 7) is -0.654. The third kappa shape index (κ3) is 3.15. The first-order valence-electron chi connectivity index (χ1n) is 7.99. The Balaban J connectivity index is 1.68. The number of hydrogen-bond donors (Lipinski definition) is 1. The van der Waals surface area contributed by atoms with Gasteiger partial charge in [0.05, 0.1) is 11.9 Å². The highest BCUT2D eigenvalue weighted by Gasteiger charge is 2.14. The molecule has 4 rings (SSSR count). The van der Waals surface area contributed by atoms with Crippen LogP contribution >= 0.6 is 11.3 Å². The number of nitrogens with zero attached hydrogens (tertiary/aromatic N) is 4. The first-order valence-corrected chi connectivity index (χ1v) is 8.81. The van der Waals surface area contributed by atoms with Crippen LogP contribution in [0.3, 0.4) is 0 Å². The van der Waals surface area contributed by atoms with E-state index < -0.39 is 6.55 Å². The van der Waals surface area contributed by atoms with Crippen LogP contribution in [-0.4, -0.2) is 19.5 Å². The van der Waals surface area contributed by atoms with Gasteiger partial charge in [0.1, 0.15) is 22.3 Å². The topological polar surface area (TPSA) is 55.6 Å². The van der Waals surface area contributed by atoms with Gasteiger partial charge >= 0.3 is 6.55 Å². The molecule has 0 bridgehead atoms. The van der Waals surface area contributed by atoms with E-state index in [-0.39, 0.29) is 12.4 Å². The van der Waals surface area contributed by atoms with Crippen molar-refractivity contribution in [1.29, 1.82) is 0 Å². The fourth-order valence-electron chi connectivity index (χ4n) is 2.73. The Hall–Kier alpha value is -2.87. The Kier molecular flexibility index (Phi) is 4.34. The quantitative estimate of drug-likeness (QED) is 0.544. The summed E-state index contributed by atoms with van der Waals surface area (Å²) < 4.78 is 26.8. The van der Waals surface area contributed by atoms with Crippen molar-refractivity contribution in [3.63, 3.8) is 0 Å². The van der Waals surface area contributed by atoms with Gasteiger partial charge in [0.25, 0.3) is 0 Å². The molecule has 0 aliphatic rings. The number of aromatic nitrogens is 4. The molecule has 5 nitrogen and oxygen atoms in total. The summed E-state index contributed by atoms with van der Waals surface area (Å²) in [5.74, 6) is 1.50. The lowest BCUT2D eigenvalue weighted by Crippen LogP contribution is -2.10. The minimum absolute atomic E-state index is 0.152. The van der Waals surface area contributed by atoms with Crippen LogP contribution < -0.4 is 5.32 Å². The number of hydrogen-bond acceptors (Lipinski definition) is 5. The molecule has 0 spiro atoms. The fraction of sp³-hybridized carbons (Fsp3) is 0.167. The first-order chi connectivity index (χ1) is 12.6. The van der Waals surface area contributed by atoms with E-state index in [9.17, 15) is 8.78 Å². The number of aryl methyl sites for hydroxylation is 1. The van der Waals surface area contributed by atoms with Crippen molar-refractivity contribution in [3.8, 4) is 10.4 Å². The Morgan fingerprint density at radius 1 is 1.19 bits per heavy atom. The average molecular weight is 371 g/mol. The maximum Gasteiger partial charge on any atom is 0.319 e. The van der Waals surface area contributed by atoms with Gasteiger partial charge in [-0.1, -0.05) is 30.3 Å². The third-order valence-electron chi connectivity index (χ3n) is 3.94. The molecule has 0 fully saturated rings. The zero-order chi connectivity index (χ0) is 18.1. The monoisotopic (exact) mass is 371 g/mol. The van der Waals surface area contributed by atoms with E-state index in [0.29, 0.717) is 11.6 Å². The van der Waals surface area contributed by atoms with Gasteiger partial charge in [0.15, 0.2) is 0 Å². The van der Waals surface area contributed by atoms with Gasteiger partial charge in [-0.05, 0) is 18.6 Å². The standard InChI is InChI=1S/C18H15F2N5S/c1-11-23-16(22-10-15-21-7-8-25(15)18(19)20)13-9-14(26-17(13)24-11)12-5-3-2-4-6-12/h2-9,18H,10H2,1H3,(H,22,23,24). The summed E-state index contributed by atoms with van der Waals surface area (Å²) in [5.41, 5.74) is 1.10. The largest absolute Gasteiger partial charge is 0.362 e. The van der Waals surface area contributed by atoms with E-state index in [1.165, 1.54) is 12.4 Å².